The maximum atomic E-state index is 10.9. The molecule has 1 saturated heterocycles. The first-order valence-electron chi connectivity index (χ1n) is 6.56. The van der Waals surface area contributed by atoms with Gasteiger partial charge in [0.05, 0.1) is 5.56 Å². The number of anilines is 1. The fourth-order valence-corrected chi connectivity index (χ4v) is 2.61. The molecule has 98 valence electrons. The van der Waals surface area contributed by atoms with Crippen LogP contribution in [0.15, 0.2) is 12.3 Å². The van der Waals surface area contributed by atoms with Crippen LogP contribution in [0.1, 0.15) is 42.1 Å². The molecule has 0 spiro atoms. The van der Waals surface area contributed by atoms with Crippen molar-refractivity contribution in [2.75, 3.05) is 18.0 Å². The largest absolute Gasteiger partial charge is 0.478 e. The van der Waals surface area contributed by atoms with Gasteiger partial charge >= 0.3 is 5.97 Å². The molecule has 0 bridgehead atoms. The fraction of sp³-hybridized carbons (Fsp3) is 0.571. The molecule has 4 nitrogen and oxygen atoms in total. The third kappa shape index (κ3) is 2.63. The van der Waals surface area contributed by atoms with Crippen LogP contribution >= 0.6 is 0 Å². The summed E-state index contributed by atoms with van der Waals surface area (Å²) in [4.78, 5) is 17.5. The Morgan fingerprint density at radius 1 is 1.61 bits per heavy atom. The first-order valence-corrected chi connectivity index (χ1v) is 6.56. The number of piperidine rings is 1. The van der Waals surface area contributed by atoms with Crippen LogP contribution in [0.2, 0.25) is 0 Å². The molecule has 1 aromatic heterocycles. The lowest BCUT2D eigenvalue weighted by atomic mass is 9.95. The van der Waals surface area contributed by atoms with Crippen molar-refractivity contribution in [1.82, 2.24) is 4.98 Å². The topological polar surface area (TPSA) is 53.4 Å². The van der Waals surface area contributed by atoms with E-state index in [1.165, 1.54) is 25.5 Å². The van der Waals surface area contributed by atoms with Crippen LogP contribution < -0.4 is 4.90 Å². The van der Waals surface area contributed by atoms with Crippen LogP contribution in [0.5, 0.6) is 0 Å². The molecule has 0 radical (unpaired) electrons. The Balaban J connectivity index is 2.20. The minimum absolute atomic E-state index is 0.264. The smallest absolute Gasteiger partial charge is 0.337 e. The third-order valence-electron chi connectivity index (χ3n) is 3.69. The van der Waals surface area contributed by atoms with E-state index in [9.17, 15) is 4.79 Å². The van der Waals surface area contributed by atoms with E-state index < -0.39 is 5.97 Å². The van der Waals surface area contributed by atoms with E-state index >= 15 is 0 Å². The maximum Gasteiger partial charge on any atom is 0.337 e. The number of hydrogen-bond donors (Lipinski definition) is 1. The highest BCUT2D eigenvalue weighted by Crippen LogP contribution is 2.26. The second-order valence-corrected chi connectivity index (χ2v) is 5.03. The number of pyridine rings is 1. The summed E-state index contributed by atoms with van der Waals surface area (Å²) in [5.74, 6) is 0.763. The molecule has 0 amide bonds. The molecule has 1 aliphatic rings. The van der Waals surface area contributed by atoms with Crippen molar-refractivity contribution < 1.29 is 9.90 Å². The van der Waals surface area contributed by atoms with E-state index in [2.05, 4.69) is 16.8 Å². The standard InChI is InChI=1S/C14H20N2O2/c1-3-11-5-4-6-16(9-11)13-10(2)7-12(8-15-13)14(17)18/h7-8,11H,3-6,9H2,1-2H3,(H,17,18). The molecule has 1 N–H and O–H groups in total. The molecular formula is C14H20N2O2. The number of hydrogen-bond acceptors (Lipinski definition) is 3. The van der Waals surface area contributed by atoms with Crippen molar-refractivity contribution in [3.8, 4) is 0 Å². The zero-order valence-corrected chi connectivity index (χ0v) is 11.0. The van der Waals surface area contributed by atoms with Gasteiger partial charge in [-0.15, -0.1) is 0 Å². The van der Waals surface area contributed by atoms with Crippen LogP contribution in [0.25, 0.3) is 0 Å². The second kappa shape index (κ2) is 5.38. The van der Waals surface area contributed by atoms with Crippen LogP contribution in [0.3, 0.4) is 0 Å². The molecule has 1 atom stereocenters. The Labute approximate surface area is 108 Å². The van der Waals surface area contributed by atoms with Crippen LogP contribution in [-0.4, -0.2) is 29.1 Å². The van der Waals surface area contributed by atoms with Crippen molar-refractivity contribution >= 4 is 11.8 Å². The Kier molecular flexibility index (Phi) is 3.84. The van der Waals surface area contributed by atoms with E-state index in [1.807, 2.05) is 6.92 Å². The Morgan fingerprint density at radius 2 is 2.39 bits per heavy atom. The molecule has 1 aliphatic heterocycles. The molecule has 1 unspecified atom stereocenters. The van der Waals surface area contributed by atoms with Gasteiger partial charge in [0.2, 0.25) is 0 Å². The molecule has 1 fully saturated rings. The predicted molar refractivity (Wildman–Crippen MR) is 71.2 cm³/mol. The summed E-state index contributed by atoms with van der Waals surface area (Å²) in [5, 5.41) is 8.94. The lowest BCUT2D eigenvalue weighted by molar-refractivity contribution is 0.0696. The van der Waals surface area contributed by atoms with Gasteiger partial charge in [0.25, 0.3) is 0 Å². The van der Waals surface area contributed by atoms with Gasteiger partial charge in [-0.05, 0) is 37.3 Å². The summed E-state index contributed by atoms with van der Waals surface area (Å²) >= 11 is 0. The van der Waals surface area contributed by atoms with E-state index in [-0.39, 0.29) is 5.56 Å². The molecular weight excluding hydrogens is 228 g/mol. The summed E-state index contributed by atoms with van der Waals surface area (Å²) in [6, 6.07) is 1.71. The number of aromatic carboxylic acids is 1. The summed E-state index contributed by atoms with van der Waals surface area (Å²) < 4.78 is 0. The van der Waals surface area contributed by atoms with Crippen molar-refractivity contribution in [2.24, 2.45) is 5.92 Å². The van der Waals surface area contributed by atoms with E-state index in [1.54, 1.807) is 6.07 Å². The second-order valence-electron chi connectivity index (χ2n) is 5.03. The van der Waals surface area contributed by atoms with Gasteiger partial charge in [0.1, 0.15) is 5.82 Å². The summed E-state index contributed by atoms with van der Waals surface area (Å²) in [6.45, 7) is 6.22. The van der Waals surface area contributed by atoms with Gasteiger partial charge in [-0.3, -0.25) is 0 Å². The Bertz CT molecular complexity index is 445. The highest BCUT2D eigenvalue weighted by Gasteiger charge is 2.21. The number of carboxylic acids is 1. The van der Waals surface area contributed by atoms with Crippen molar-refractivity contribution in [3.05, 3.63) is 23.4 Å². The van der Waals surface area contributed by atoms with E-state index in [0.29, 0.717) is 0 Å². The number of aryl methyl sites for hydroxylation is 1. The number of carboxylic acid groups (broad SMARTS) is 1. The average Bonchev–Trinajstić information content (AvgIpc) is 2.38. The Morgan fingerprint density at radius 3 is 3.00 bits per heavy atom. The first-order chi connectivity index (χ1) is 8.61. The molecule has 4 heteroatoms. The number of rotatable bonds is 3. The normalized spacial score (nSPS) is 19.9. The summed E-state index contributed by atoms with van der Waals surface area (Å²) in [5.41, 5.74) is 1.21. The monoisotopic (exact) mass is 248 g/mol. The van der Waals surface area contributed by atoms with Gasteiger partial charge in [-0.1, -0.05) is 13.3 Å². The van der Waals surface area contributed by atoms with Crippen LogP contribution in [-0.2, 0) is 0 Å². The minimum Gasteiger partial charge on any atom is -0.478 e. The van der Waals surface area contributed by atoms with Crippen molar-refractivity contribution in [3.63, 3.8) is 0 Å². The first kappa shape index (κ1) is 12.9. The van der Waals surface area contributed by atoms with Gasteiger partial charge in [0.15, 0.2) is 0 Å². The minimum atomic E-state index is -0.915. The summed E-state index contributed by atoms with van der Waals surface area (Å²) in [7, 11) is 0. The van der Waals surface area contributed by atoms with E-state index in [4.69, 9.17) is 5.11 Å². The SMILES string of the molecule is CCC1CCCN(c2ncc(C(=O)O)cc2C)C1. The number of aromatic nitrogens is 1. The highest BCUT2D eigenvalue weighted by atomic mass is 16.4. The third-order valence-corrected chi connectivity index (χ3v) is 3.69. The van der Waals surface area contributed by atoms with Gasteiger partial charge in [-0.25, -0.2) is 9.78 Å². The number of carbonyl (C=O) groups is 1. The zero-order valence-electron chi connectivity index (χ0n) is 11.0. The fourth-order valence-electron chi connectivity index (χ4n) is 2.61. The Hall–Kier alpha value is -1.58. The molecule has 2 heterocycles. The maximum absolute atomic E-state index is 10.9. The lowest BCUT2D eigenvalue weighted by Gasteiger charge is -2.34. The highest BCUT2D eigenvalue weighted by molar-refractivity contribution is 5.87. The quantitative estimate of drug-likeness (QED) is 0.893. The van der Waals surface area contributed by atoms with Crippen molar-refractivity contribution in [1.29, 1.82) is 0 Å². The van der Waals surface area contributed by atoms with Crippen LogP contribution in [0, 0.1) is 12.8 Å². The van der Waals surface area contributed by atoms with Gasteiger partial charge < -0.3 is 10.0 Å². The van der Waals surface area contributed by atoms with Gasteiger partial charge in [-0.2, -0.15) is 0 Å². The molecule has 18 heavy (non-hydrogen) atoms. The number of nitrogens with zero attached hydrogens (tertiary/aromatic N) is 2. The lowest BCUT2D eigenvalue weighted by Crippen LogP contribution is -2.36. The van der Waals surface area contributed by atoms with Gasteiger partial charge in [0, 0.05) is 19.3 Å². The predicted octanol–water partition coefficient (Wildman–Crippen LogP) is 2.71. The summed E-state index contributed by atoms with van der Waals surface area (Å²) in [6.07, 6.45) is 5.14. The zero-order chi connectivity index (χ0) is 13.1. The average molecular weight is 248 g/mol. The molecule has 0 saturated carbocycles. The molecule has 0 aliphatic carbocycles. The van der Waals surface area contributed by atoms with Crippen LogP contribution in [0.4, 0.5) is 5.82 Å². The van der Waals surface area contributed by atoms with E-state index in [0.717, 1.165) is 30.4 Å². The molecule has 2 rings (SSSR count). The molecule has 0 aromatic carbocycles. The van der Waals surface area contributed by atoms with Crippen molar-refractivity contribution in [2.45, 2.75) is 33.1 Å². The molecule has 1 aromatic rings.